The number of ether oxygens (including phenoxy) is 1. The molecule has 0 radical (unpaired) electrons. The Hall–Kier alpha value is -3.07. The molecule has 4 rings (SSSR count). The molecule has 1 heterocycles. The van der Waals surface area contributed by atoms with Gasteiger partial charge in [-0.15, -0.1) is 0 Å². The molecule has 0 fully saturated rings. The van der Waals surface area contributed by atoms with Crippen molar-refractivity contribution in [3.05, 3.63) is 83.4 Å². The van der Waals surface area contributed by atoms with Gasteiger partial charge in [-0.3, -0.25) is 0 Å². The van der Waals surface area contributed by atoms with E-state index in [0.29, 0.717) is 0 Å². The van der Waals surface area contributed by atoms with Crippen molar-refractivity contribution in [1.29, 1.82) is 0 Å². The van der Waals surface area contributed by atoms with Gasteiger partial charge in [0, 0.05) is 12.1 Å². The highest BCUT2D eigenvalue weighted by Gasteiger charge is 2.12. The first-order valence-electron chi connectivity index (χ1n) is 10.3. The third-order valence-corrected chi connectivity index (χ3v) is 5.31. The summed E-state index contributed by atoms with van der Waals surface area (Å²) in [7, 11) is 0. The van der Waals surface area contributed by atoms with Gasteiger partial charge in [-0.1, -0.05) is 48.0 Å². The summed E-state index contributed by atoms with van der Waals surface area (Å²) in [6.45, 7) is 7.99. The number of aryl methyl sites for hydroxylation is 4. The number of benzene rings is 3. The molecule has 0 saturated carbocycles. The molecule has 1 aromatic heterocycles. The van der Waals surface area contributed by atoms with E-state index in [1.54, 1.807) is 0 Å². The van der Waals surface area contributed by atoms with Crippen molar-refractivity contribution in [3.63, 3.8) is 0 Å². The minimum Gasteiger partial charge on any atom is -0.493 e. The number of para-hydroxylation sites is 2. The largest absolute Gasteiger partial charge is 0.493 e. The lowest BCUT2D eigenvalue weighted by Crippen LogP contribution is -2.04. The Morgan fingerprint density at radius 3 is 2.52 bits per heavy atom. The van der Waals surface area contributed by atoms with Crippen molar-refractivity contribution in [1.82, 2.24) is 9.55 Å². The normalized spacial score (nSPS) is 11.1. The van der Waals surface area contributed by atoms with Gasteiger partial charge >= 0.3 is 0 Å². The van der Waals surface area contributed by atoms with Crippen molar-refractivity contribution in [2.24, 2.45) is 0 Å². The van der Waals surface area contributed by atoms with Gasteiger partial charge in [-0.25, -0.2) is 4.98 Å². The van der Waals surface area contributed by atoms with Crippen LogP contribution in [0, 0.1) is 20.8 Å². The second kappa shape index (κ2) is 8.52. The van der Waals surface area contributed by atoms with Gasteiger partial charge in [-0.05, 0) is 69.0 Å². The zero-order valence-electron chi connectivity index (χ0n) is 17.5. The van der Waals surface area contributed by atoms with Crippen molar-refractivity contribution < 1.29 is 4.74 Å². The molecular weight excluding hydrogens is 356 g/mol. The third-order valence-electron chi connectivity index (χ3n) is 5.31. The van der Waals surface area contributed by atoms with E-state index in [9.17, 15) is 0 Å². The summed E-state index contributed by atoms with van der Waals surface area (Å²) in [6, 6.07) is 23.3. The van der Waals surface area contributed by atoms with E-state index in [1.165, 1.54) is 27.8 Å². The summed E-state index contributed by atoms with van der Waals surface area (Å²) in [6.07, 6.45) is 2.05. The molecule has 0 unspecified atom stereocenters. The first-order valence-corrected chi connectivity index (χ1v) is 10.3. The van der Waals surface area contributed by atoms with Gasteiger partial charge in [0.15, 0.2) is 0 Å². The molecule has 0 spiro atoms. The monoisotopic (exact) mass is 384 g/mol. The van der Waals surface area contributed by atoms with E-state index in [0.717, 1.165) is 43.1 Å². The lowest BCUT2D eigenvalue weighted by atomic mass is 10.1. The van der Waals surface area contributed by atoms with Gasteiger partial charge in [-0.2, -0.15) is 0 Å². The Labute approximate surface area is 173 Å². The molecule has 148 valence electrons. The van der Waals surface area contributed by atoms with E-state index >= 15 is 0 Å². The van der Waals surface area contributed by atoms with Crippen LogP contribution in [0.4, 0.5) is 0 Å². The molecule has 3 aromatic carbocycles. The molecule has 0 aliphatic heterocycles. The molecular formula is C26H28N2O. The second-order valence-electron chi connectivity index (χ2n) is 7.77. The Morgan fingerprint density at radius 2 is 1.66 bits per heavy atom. The Balaban J connectivity index is 1.47. The fraction of sp³-hybridized carbons (Fsp3) is 0.269. The third kappa shape index (κ3) is 4.34. The zero-order valence-corrected chi connectivity index (χ0v) is 17.5. The molecule has 3 nitrogen and oxygen atoms in total. The smallest absolute Gasteiger partial charge is 0.141 e. The second-order valence-corrected chi connectivity index (χ2v) is 7.77. The maximum absolute atomic E-state index is 6.03. The summed E-state index contributed by atoms with van der Waals surface area (Å²) in [5.74, 6) is 2.05. The quantitative estimate of drug-likeness (QED) is 0.341. The molecule has 0 amide bonds. The van der Waals surface area contributed by atoms with Crippen molar-refractivity contribution in [2.75, 3.05) is 6.61 Å². The first kappa shape index (κ1) is 19.3. The summed E-state index contributed by atoms with van der Waals surface area (Å²) in [5, 5.41) is 0. The summed E-state index contributed by atoms with van der Waals surface area (Å²) in [5.41, 5.74) is 7.10. The Kier molecular flexibility index (Phi) is 5.66. The molecule has 3 heteroatoms. The maximum Gasteiger partial charge on any atom is 0.141 e. The van der Waals surface area contributed by atoms with Crippen LogP contribution in [-0.2, 0) is 6.54 Å². The molecule has 0 atom stereocenters. The summed E-state index contributed by atoms with van der Waals surface area (Å²) < 4.78 is 8.38. The first-order chi connectivity index (χ1) is 14.1. The Morgan fingerprint density at radius 1 is 0.828 bits per heavy atom. The molecule has 4 aromatic rings. The van der Waals surface area contributed by atoms with Crippen molar-refractivity contribution in [3.8, 4) is 17.1 Å². The summed E-state index contributed by atoms with van der Waals surface area (Å²) in [4.78, 5) is 4.92. The number of hydrogen-bond acceptors (Lipinski definition) is 2. The number of imidazole rings is 1. The van der Waals surface area contributed by atoms with Crippen LogP contribution < -0.4 is 4.74 Å². The number of hydrogen-bond donors (Lipinski definition) is 0. The van der Waals surface area contributed by atoms with Crippen LogP contribution in [-0.4, -0.2) is 16.2 Å². The van der Waals surface area contributed by atoms with Gasteiger partial charge in [0.05, 0.1) is 17.6 Å². The minimum atomic E-state index is 0.733. The number of nitrogens with zero attached hydrogens (tertiary/aromatic N) is 2. The van der Waals surface area contributed by atoms with Crippen LogP contribution >= 0.6 is 0 Å². The highest BCUT2D eigenvalue weighted by Crippen LogP contribution is 2.26. The lowest BCUT2D eigenvalue weighted by molar-refractivity contribution is 0.301. The van der Waals surface area contributed by atoms with Crippen LogP contribution in [0.1, 0.15) is 29.5 Å². The van der Waals surface area contributed by atoms with Gasteiger partial charge < -0.3 is 9.30 Å². The van der Waals surface area contributed by atoms with E-state index in [4.69, 9.17) is 9.72 Å². The van der Waals surface area contributed by atoms with Crippen LogP contribution in [0.2, 0.25) is 0 Å². The van der Waals surface area contributed by atoms with E-state index in [1.807, 2.05) is 0 Å². The average Bonchev–Trinajstić information content (AvgIpc) is 3.09. The van der Waals surface area contributed by atoms with E-state index < -0.39 is 0 Å². The molecule has 29 heavy (non-hydrogen) atoms. The molecule has 0 bridgehead atoms. The predicted molar refractivity (Wildman–Crippen MR) is 121 cm³/mol. The fourth-order valence-corrected chi connectivity index (χ4v) is 3.72. The van der Waals surface area contributed by atoms with Crippen LogP contribution in [0.25, 0.3) is 22.4 Å². The van der Waals surface area contributed by atoms with E-state index in [2.05, 4.69) is 92.1 Å². The topological polar surface area (TPSA) is 27.1 Å². The van der Waals surface area contributed by atoms with Gasteiger partial charge in [0.1, 0.15) is 11.6 Å². The molecule has 0 aliphatic carbocycles. The molecule has 0 saturated heterocycles. The van der Waals surface area contributed by atoms with Crippen LogP contribution in [0.3, 0.4) is 0 Å². The van der Waals surface area contributed by atoms with Gasteiger partial charge in [0.2, 0.25) is 0 Å². The fourth-order valence-electron chi connectivity index (χ4n) is 3.72. The highest BCUT2D eigenvalue weighted by molar-refractivity contribution is 5.80. The van der Waals surface area contributed by atoms with Crippen molar-refractivity contribution in [2.45, 2.75) is 40.2 Å². The molecule has 0 N–H and O–H groups in total. The number of rotatable bonds is 7. The standard InChI is InChI=1S/C26H28N2O/c1-19-9-8-10-22(17-19)26-27-23-11-4-5-12-24(23)28(26)15-6-7-16-29-25-18-20(2)13-14-21(25)3/h4-5,8-14,17-18H,6-7,15-16H2,1-3H3. The minimum absolute atomic E-state index is 0.733. The number of aromatic nitrogens is 2. The lowest BCUT2D eigenvalue weighted by Gasteiger charge is -2.12. The van der Waals surface area contributed by atoms with Crippen molar-refractivity contribution >= 4 is 11.0 Å². The van der Waals surface area contributed by atoms with Crippen LogP contribution in [0.5, 0.6) is 5.75 Å². The van der Waals surface area contributed by atoms with Crippen LogP contribution in [0.15, 0.2) is 66.7 Å². The average molecular weight is 385 g/mol. The Bertz CT molecular complexity index is 1130. The number of fused-ring (bicyclic) bond motifs is 1. The highest BCUT2D eigenvalue weighted by atomic mass is 16.5. The van der Waals surface area contributed by atoms with Gasteiger partial charge in [0.25, 0.3) is 0 Å². The SMILES string of the molecule is Cc1cccc(-c2nc3ccccc3n2CCCCOc2cc(C)ccc2C)c1. The van der Waals surface area contributed by atoms with E-state index in [-0.39, 0.29) is 0 Å². The maximum atomic E-state index is 6.03. The number of unbranched alkanes of at least 4 members (excludes halogenated alkanes) is 1. The predicted octanol–water partition coefficient (Wildman–Crippen LogP) is 6.49. The zero-order chi connectivity index (χ0) is 20.2. The molecule has 0 aliphatic rings. The summed E-state index contributed by atoms with van der Waals surface area (Å²) >= 11 is 0.